The summed E-state index contributed by atoms with van der Waals surface area (Å²) in [7, 11) is -4.67. The number of rotatable bonds is 2. The Morgan fingerprint density at radius 2 is 2.00 bits per heavy atom. The molecule has 2 atom stereocenters. The third-order valence-corrected chi connectivity index (χ3v) is 2.89. The molecule has 2 saturated heterocycles. The van der Waals surface area contributed by atoms with Crippen molar-refractivity contribution >= 4 is 28.2 Å². The van der Waals surface area contributed by atoms with E-state index in [1.807, 2.05) is 0 Å². The molecule has 22 heavy (non-hydrogen) atoms. The van der Waals surface area contributed by atoms with Crippen molar-refractivity contribution in [1.29, 1.82) is 5.41 Å². The van der Waals surface area contributed by atoms with Crippen molar-refractivity contribution in [2.75, 3.05) is 13.1 Å². The molecule has 0 aliphatic carbocycles. The first-order chi connectivity index (χ1) is 9.61. The Hall–Kier alpha value is -0.760. The van der Waals surface area contributed by atoms with Crippen LogP contribution in [0.5, 0.6) is 0 Å². The fourth-order valence-corrected chi connectivity index (χ4v) is 2.08. The molecule has 11 nitrogen and oxygen atoms in total. The maximum Gasteiger partial charge on any atom is 1.00 e. The second kappa shape index (κ2) is 8.76. The molecule has 6 N–H and O–H groups in total. The van der Waals surface area contributed by atoms with E-state index in [-0.39, 0.29) is 60.1 Å². The molecule has 0 spiro atoms. The zero-order valence-electron chi connectivity index (χ0n) is 11.9. The molecule has 0 saturated carbocycles. The van der Waals surface area contributed by atoms with E-state index in [0.717, 1.165) is 6.42 Å². The van der Waals surface area contributed by atoms with E-state index in [9.17, 15) is 9.59 Å². The molecule has 2 rings (SSSR count). The predicted octanol–water partition coefficient (Wildman–Crippen LogP) is -4.27. The molecule has 2 bridgehead atoms. The fraction of sp³-hybridized carbons (Fsp3) is 0.667. The number of amidine groups is 1. The first kappa shape index (κ1) is 21.2. The summed E-state index contributed by atoms with van der Waals surface area (Å²) in [6, 6.07) is -0.563. The SMILES string of the molecule is N=C(NC(=O)CN)[C@@H]1CC[C@@H]2CN1C(=O)[N-]2.O=S(=O)(O)O.[Na+]. The summed E-state index contributed by atoms with van der Waals surface area (Å²) >= 11 is 0. The quantitative estimate of drug-likeness (QED) is 0.145. The van der Waals surface area contributed by atoms with Crippen LogP contribution in [0, 0.1) is 5.41 Å². The van der Waals surface area contributed by atoms with Crippen LogP contribution in [0.15, 0.2) is 0 Å². The second-order valence-corrected chi connectivity index (χ2v) is 5.32. The topological polar surface area (TPSA) is 188 Å². The number of carbonyl (C=O) groups is 2. The zero-order valence-corrected chi connectivity index (χ0v) is 14.7. The van der Waals surface area contributed by atoms with Crippen molar-refractivity contribution in [2.45, 2.75) is 24.9 Å². The molecule has 0 radical (unpaired) electrons. The third kappa shape index (κ3) is 7.00. The molecule has 2 aliphatic rings. The van der Waals surface area contributed by atoms with Crippen molar-refractivity contribution in [3.05, 3.63) is 5.32 Å². The number of hydrogen-bond acceptors (Lipinski definition) is 6. The van der Waals surface area contributed by atoms with Gasteiger partial charge in [0.2, 0.25) is 5.91 Å². The van der Waals surface area contributed by atoms with Gasteiger partial charge in [-0.3, -0.25) is 24.1 Å². The number of carbonyl (C=O) groups excluding carboxylic acids is 2. The molecule has 2 heterocycles. The number of nitrogens with one attached hydrogen (secondary N) is 2. The van der Waals surface area contributed by atoms with Crippen LogP contribution in [0.25, 0.3) is 5.32 Å². The van der Waals surface area contributed by atoms with E-state index in [1.54, 1.807) is 0 Å². The van der Waals surface area contributed by atoms with Crippen LogP contribution in [-0.2, 0) is 15.2 Å². The zero-order chi connectivity index (χ0) is 16.2. The molecule has 2 fully saturated rings. The van der Waals surface area contributed by atoms with Crippen molar-refractivity contribution in [2.24, 2.45) is 5.73 Å². The van der Waals surface area contributed by atoms with E-state index < -0.39 is 16.3 Å². The molecule has 0 aromatic rings. The van der Waals surface area contributed by atoms with Gasteiger partial charge in [0.05, 0.1) is 6.54 Å². The molecular formula is C9H16N5NaO6S. The standard InChI is InChI=1S/C9H15N5O2.Na.H2O4S/c10-3-7(15)13-8(11)6-2-1-5-4-14(6)9(16)12-5;;1-5(2,3)4/h5-6H,1-4,10H2,(H3,11,12,13,15,16);;(H2,1,2,3,4)/q;+1;/p-1/t5-,6+;;/m1../s1. The van der Waals surface area contributed by atoms with Gasteiger partial charge in [0.25, 0.3) is 0 Å². The van der Waals surface area contributed by atoms with Gasteiger partial charge in [-0.25, -0.2) is 0 Å². The number of urea groups is 1. The number of nitrogens with two attached hydrogens (primary N) is 1. The van der Waals surface area contributed by atoms with Crippen LogP contribution in [0.2, 0.25) is 0 Å². The summed E-state index contributed by atoms with van der Waals surface area (Å²) < 4.78 is 31.6. The third-order valence-electron chi connectivity index (χ3n) is 2.89. The van der Waals surface area contributed by atoms with Crippen LogP contribution >= 0.6 is 0 Å². The Kier molecular flexibility index (Phi) is 8.46. The Bertz CT molecular complexity index is 533. The normalized spacial score (nSPS) is 22.7. The van der Waals surface area contributed by atoms with Crippen LogP contribution < -0.4 is 40.6 Å². The number of hydrogen-bond donors (Lipinski definition) is 5. The first-order valence-corrected chi connectivity index (χ1v) is 7.31. The molecule has 0 aromatic heterocycles. The summed E-state index contributed by atoms with van der Waals surface area (Å²) in [5.41, 5.74) is 5.14. The van der Waals surface area contributed by atoms with Crippen molar-refractivity contribution < 1.29 is 56.7 Å². The van der Waals surface area contributed by atoms with Gasteiger partial charge >= 0.3 is 40.0 Å². The van der Waals surface area contributed by atoms with E-state index >= 15 is 0 Å². The molecule has 0 aromatic carbocycles. The molecule has 0 unspecified atom stereocenters. The van der Waals surface area contributed by atoms with Crippen molar-refractivity contribution in [1.82, 2.24) is 10.2 Å². The summed E-state index contributed by atoms with van der Waals surface area (Å²) in [6.45, 7) is 0.403. The minimum absolute atomic E-state index is 0. The van der Waals surface area contributed by atoms with Gasteiger partial charge in [-0.15, -0.1) is 0 Å². The number of amides is 3. The van der Waals surface area contributed by atoms with Gasteiger partial charge in [-0.2, -0.15) is 8.42 Å². The average Bonchev–Trinajstić information content (AvgIpc) is 2.62. The Balaban J connectivity index is 0.000000644. The number of nitrogens with zero attached hydrogens (tertiary/aromatic N) is 2. The van der Waals surface area contributed by atoms with Crippen LogP contribution in [0.3, 0.4) is 0 Å². The van der Waals surface area contributed by atoms with Crippen LogP contribution in [0.1, 0.15) is 12.8 Å². The Morgan fingerprint density at radius 3 is 2.50 bits per heavy atom. The molecule has 2 aliphatic heterocycles. The number of piperidine rings is 1. The van der Waals surface area contributed by atoms with E-state index in [1.165, 1.54) is 4.90 Å². The minimum Gasteiger partial charge on any atom is -0.427 e. The van der Waals surface area contributed by atoms with E-state index in [0.29, 0.717) is 13.0 Å². The van der Waals surface area contributed by atoms with Gasteiger partial charge in [-0.1, -0.05) is 6.42 Å². The number of fused-ring (bicyclic) bond motifs is 2. The van der Waals surface area contributed by atoms with Gasteiger partial charge in [-0.05, 0) is 19.0 Å². The van der Waals surface area contributed by atoms with E-state index in [4.69, 9.17) is 28.7 Å². The van der Waals surface area contributed by atoms with Gasteiger partial charge in [0.15, 0.2) is 6.03 Å². The van der Waals surface area contributed by atoms with Gasteiger partial charge < -0.3 is 21.3 Å². The van der Waals surface area contributed by atoms with Crippen LogP contribution in [0.4, 0.5) is 4.79 Å². The smallest absolute Gasteiger partial charge is 0.427 e. The molecule has 120 valence electrons. The first-order valence-electron chi connectivity index (χ1n) is 5.91. The average molecular weight is 345 g/mol. The summed E-state index contributed by atoms with van der Waals surface area (Å²) in [6.07, 6.45) is 1.46. The minimum atomic E-state index is -4.67. The monoisotopic (exact) mass is 345 g/mol. The Morgan fingerprint density at radius 1 is 1.45 bits per heavy atom. The molecule has 13 heteroatoms. The summed E-state index contributed by atoms with van der Waals surface area (Å²) in [4.78, 5) is 24.0. The predicted molar refractivity (Wildman–Crippen MR) is 71.4 cm³/mol. The maximum atomic E-state index is 11.5. The maximum absolute atomic E-state index is 11.5. The summed E-state index contributed by atoms with van der Waals surface area (Å²) in [5, 5.41) is 14.1. The van der Waals surface area contributed by atoms with Crippen molar-refractivity contribution in [3.8, 4) is 0 Å². The molecule has 3 amide bonds. The fourth-order valence-electron chi connectivity index (χ4n) is 2.08. The second-order valence-electron chi connectivity index (χ2n) is 4.42. The van der Waals surface area contributed by atoms with Crippen molar-refractivity contribution in [3.63, 3.8) is 0 Å². The van der Waals surface area contributed by atoms with E-state index in [2.05, 4.69) is 10.6 Å². The largest absolute Gasteiger partial charge is 1.00 e. The Labute approximate surface area is 149 Å². The van der Waals surface area contributed by atoms with Gasteiger partial charge in [0.1, 0.15) is 5.84 Å². The summed E-state index contributed by atoms with van der Waals surface area (Å²) in [5.74, 6) is -0.366. The molecular weight excluding hydrogens is 329 g/mol. The van der Waals surface area contributed by atoms with Crippen LogP contribution in [-0.4, -0.2) is 65.4 Å². The van der Waals surface area contributed by atoms with Gasteiger partial charge in [0, 0.05) is 6.04 Å².